The van der Waals surface area contributed by atoms with E-state index >= 15 is 0 Å². The summed E-state index contributed by atoms with van der Waals surface area (Å²) < 4.78 is 38.7. The number of aromatic nitrogens is 1. The SMILES string of the molecule is CN(C)c1ncc(C(F)(F)F)cc1-c1ccc(C=NN)cc1. The van der Waals surface area contributed by atoms with E-state index in [1.165, 1.54) is 6.21 Å². The van der Waals surface area contributed by atoms with Crippen LogP contribution < -0.4 is 10.7 Å². The quantitative estimate of drug-likeness (QED) is 0.538. The lowest BCUT2D eigenvalue weighted by atomic mass is 10.0. The van der Waals surface area contributed by atoms with Crippen LogP contribution in [0.25, 0.3) is 11.1 Å². The number of hydrogen-bond donors (Lipinski definition) is 1. The average molecular weight is 308 g/mol. The zero-order chi connectivity index (χ0) is 16.3. The van der Waals surface area contributed by atoms with Crippen molar-refractivity contribution < 1.29 is 13.2 Å². The van der Waals surface area contributed by atoms with Gasteiger partial charge in [0.2, 0.25) is 0 Å². The summed E-state index contributed by atoms with van der Waals surface area (Å²) in [6.07, 6.45) is -2.13. The molecule has 0 saturated carbocycles. The number of benzene rings is 1. The van der Waals surface area contributed by atoms with E-state index in [0.717, 1.165) is 17.8 Å². The van der Waals surface area contributed by atoms with Crippen molar-refractivity contribution in [2.75, 3.05) is 19.0 Å². The molecule has 0 unspecified atom stereocenters. The van der Waals surface area contributed by atoms with Gasteiger partial charge in [-0.2, -0.15) is 18.3 Å². The Kier molecular flexibility index (Phi) is 4.35. The summed E-state index contributed by atoms with van der Waals surface area (Å²) in [5, 5.41) is 3.41. The predicted molar refractivity (Wildman–Crippen MR) is 80.8 cm³/mol. The van der Waals surface area contributed by atoms with E-state index in [0.29, 0.717) is 16.9 Å². The lowest BCUT2D eigenvalue weighted by Gasteiger charge is -2.18. The fraction of sp³-hybridized carbons (Fsp3) is 0.200. The lowest BCUT2D eigenvalue weighted by Crippen LogP contribution is -2.14. The van der Waals surface area contributed by atoms with Crippen LogP contribution in [0.5, 0.6) is 0 Å². The first-order valence-electron chi connectivity index (χ1n) is 6.41. The van der Waals surface area contributed by atoms with Crippen LogP contribution in [0.15, 0.2) is 41.6 Å². The molecule has 4 nitrogen and oxygen atoms in total. The standard InChI is InChI=1S/C15H15F3N4/c1-22(2)14-13(7-12(9-20-14)15(16,17)18)11-5-3-10(4-6-11)8-21-19/h3-9H,19H2,1-2H3. The maximum Gasteiger partial charge on any atom is 0.417 e. The van der Waals surface area contributed by atoms with Gasteiger partial charge in [0.15, 0.2) is 0 Å². The smallest absolute Gasteiger partial charge is 0.362 e. The van der Waals surface area contributed by atoms with E-state index in [1.807, 2.05) is 0 Å². The van der Waals surface area contributed by atoms with Crippen LogP contribution in [0.3, 0.4) is 0 Å². The third-order valence-corrected chi connectivity index (χ3v) is 3.06. The maximum atomic E-state index is 12.9. The number of halogens is 3. The number of alkyl halides is 3. The summed E-state index contributed by atoms with van der Waals surface area (Å²) in [4.78, 5) is 5.61. The van der Waals surface area contributed by atoms with E-state index < -0.39 is 11.7 Å². The highest BCUT2D eigenvalue weighted by Crippen LogP contribution is 2.35. The molecule has 0 aliphatic carbocycles. The van der Waals surface area contributed by atoms with Crippen LogP contribution in [-0.4, -0.2) is 25.3 Å². The Balaban J connectivity index is 2.55. The Labute approximate surface area is 126 Å². The second kappa shape index (κ2) is 6.05. The first-order valence-corrected chi connectivity index (χ1v) is 6.41. The van der Waals surface area contributed by atoms with E-state index in [9.17, 15) is 13.2 Å². The molecule has 0 bridgehead atoms. The number of nitrogens with two attached hydrogens (primary N) is 1. The second-order valence-electron chi connectivity index (χ2n) is 4.89. The molecule has 0 fully saturated rings. The fourth-order valence-corrected chi connectivity index (χ4v) is 2.02. The molecule has 0 radical (unpaired) electrons. The highest BCUT2D eigenvalue weighted by Gasteiger charge is 2.32. The molecule has 116 valence electrons. The largest absolute Gasteiger partial charge is 0.417 e. The zero-order valence-electron chi connectivity index (χ0n) is 12.1. The molecular formula is C15H15F3N4. The number of rotatable bonds is 3. The molecule has 1 heterocycles. The van der Waals surface area contributed by atoms with Crippen LogP contribution in [0.2, 0.25) is 0 Å². The molecule has 1 aromatic heterocycles. The third-order valence-electron chi connectivity index (χ3n) is 3.06. The van der Waals surface area contributed by atoms with Crippen LogP contribution >= 0.6 is 0 Å². The van der Waals surface area contributed by atoms with Gasteiger partial charge < -0.3 is 10.7 Å². The molecule has 0 aliphatic rings. The van der Waals surface area contributed by atoms with Gasteiger partial charge in [-0.15, -0.1) is 0 Å². The van der Waals surface area contributed by atoms with Crippen molar-refractivity contribution in [3.8, 4) is 11.1 Å². The minimum absolute atomic E-state index is 0.413. The third kappa shape index (κ3) is 3.36. The van der Waals surface area contributed by atoms with E-state index in [4.69, 9.17) is 5.84 Å². The van der Waals surface area contributed by atoms with Crippen molar-refractivity contribution >= 4 is 12.0 Å². The number of pyridine rings is 1. The Morgan fingerprint density at radius 1 is 1.18 bits per heavy atom. The molecule has 0 atom stereocenters. The van der Waals surface area contributed by atoms with Gasteiger partial charge in [-0.05, 0) is 17.2 Å². The van der Waals surface area contributed by atoms with Crippen molar-refractivity contribution in [2.24, 2.45) is 10.9 Å². The van der Waals surface area contributed by atoms with Gasteiger partial charge in [0.25, 0.3) is 0 Å². The number of anilines is 1. The van der Waals surface area contributed by atoms with Gasteiger partial charge in [-0.3, -0.25) is 0 Å². The van der Waals surface area contributed by atoms with Gasteiger partial charge in [-0.25, -0.2) is 4.98 Å². The van der Waals surface area contributed by atoms with Gasteiger partial charge in [-0.1, -0.05) is 24.3 Å². The number of hydrazone groups is 1. The molecule has 1 aromatic carbocycles. The molecule has 0 aliphatic heterocycles. The van der Waals surface area contributed by atoms with Crippen molar-refractivity contribution in [1.29, 1.82) is 0 Å². The van der Waals surface area contributed by atoms with Crippen LogP contribution in [0, 0.1) is 0 Å². The van der Waals surface area contributed by atoms with Gasteiger partial charge in [0.05, 0.1) is 11.8 Å². The highest BCUT2D eigenvalue weighted by molar-refractivity contribution is 5.82. The first-order chi connectivity index (χ1) is 10.3. The number of hydrogen-bond acceptors (Lipinski definition) is 4. The second-order valence-corrected chi connectivity index (χ2v) is 4.89. The average Bonchev–Trinajstić information content (AvgIpc) is 2.47. The molecule has 2 N–H and O–H groups in total. The van der Waals surface area contributed by atoms with Crippen molar-refractivity contribution in [2.45, 2.75) is 6.18 Å². The summed E-state index contributed by atoms with van der Waals surface area (Å²) in [5.41, 5.74) is 1.03. The monoisotopic (exact) mass is 308 g/mol. The van der Waals surface area contributed by atoms with E-state index in [-0.39, 0.29) is 0 Å². The normalized spacial score (nSPS) is 11.9. The topological polar surface area (TPSA) is 54.5 Å². The molecule has 0 amide bonds. The molecular weight excluding hydrogens is 293 g/mol. The van der Waals surface area contributed by atoms with Gasteiger partial charge in [0.1, 0.15) is 5.82 Å². The van der Waals surface area contributed by atoms with Crippen LogP contribution in [0.4, 0.5) is 19.0 Å². The Bertz CT molecular complexity index is 676. The van der Waals surface area contributed by atoms with E-state index in [2.05, 4.69) is 10.1 Å². The van der Waals surface area contributed by atoms with Crippen molar-refractivity contribution in [3.63, 3.8) is 0 Å². The van der Waals surface area contributed by atoms with Crippen molar-refractivity contribution in [3.05, 3.63) is 47.7 Å². The fourth-order valence-electron chi connectivity index (χ4n) is 2.02. The molecule has 2 aromatic rings. The Morgan fingerprint density at radius 2 is 1.82 bits per heavy atom. The Hall–Kier alpha value is -2.57. The van der Waals surface area contributed by atoms with Gasteiger partial charge in [0, 0.05) is 25.9 Å². The zero-order valence-corrected chi connectivity index (χ0v) is 12.1. The van der Waals surface area contributed by atoms with Crippen LogP contribution in [0.1, 0.15) is 11.1 Å². The predicted octanol–water partition coefficient (Wildman–Crippen LogP) is 3.13. The lowest BCUT2D eigenvalue weighted by molar-refractivity contribution is -0.137. The molecule has 0 saturated heterocycles. The number of nitrogens with zero attached hydrogens (tertiary/aromatic N) is 3. The van der Waals surface area contributed by atoms with Crippen LogP contribution in [-0.2, 0) is 6.18 Å². The minimum atomic E-state index is -4.43. The summed E-state index contributed by atoms with van der Waals surface area (Å²) in [6.45, 7) is 0. The molecule has 0 spiro atoms. The Morgan fingerprint density at radius 3 is 2.32 bits per heavy atom. The summed E-state index contributed by atoms with van der Waals surface area (Å²) in [6, 6.07) is 7.98. The van der Waals surface area contributed by atoms with Gasteiger partial charge >= 0.3 is 6.18 Å². The first kappa shape index (κ1) is 15.8. The van der Waals surface area contributed by atoms with E-state index in [1.54, 1.807) is 43.3 Å². The summed E-state index contributed by atoms with van der Waals surface area (Å²) in [7, 11) is 3.46. The maximum absolute atomic E-state index is 12.9. The molecule has 7 heteroatoms. The minimum Gasteiger partial charge on any atom is -0.362 e. The highest BCUT2D eigenvalue weighted by atomic mass is 19.4. The molecule has 2 rings (SSSR count). The molecule has 22 heavy (non-hydrogen) atoms. The van der Waals surface area contributed by atoms with Crippen molar-refractivity contribution in [1.82, 2.24) is 4.98 Å². The summed E-state index contributed by atoms with van der Waals surface area (Å²) in [5.74, 6) is 5.54. The summed E-state index contributed by atoms with van der Waals surface area (Å²) >= 11 is 0.